The Bertz CT molecular complexity index is 2360. The number of hydrogen-bond donors (Lipinski definition) is 9. The first-order valence-corrected chi connectivity index (χ1v) is 21.3. The molecule has 1 aliphatic rings. The van der Waals surface area contributed by atoms with Crippen LogP contribution in [0, 0.1) is 0 Å². The number of carboxylic acids is 1. The van der Waals surface area contributed by atoms with Gasteiger partial charge in [0.2, 0.25) is 35.4 Å². The highest BCUT2D eigenvalue weighted by Gasteiger charge is 2.44. The van der Waals surface area contributed by atoms with Gasteiger partial charge in [-0.1, -0.05) is 101 Å². The first kappa shape index (κ1) is 47.2. The number of hydrogen-bond acceptors (Lipinski definition) is 8. The van der Waals surface area contributed by atoms with Gasteiger partial charge in [-0.25, -0.2) is 0 Å². The van der Waals surface area contributed by atoms with Crippen LogP contribution in [-0.2, 0) is 59.2 Å². The summed E-state index contributed by atoms with van der Waals surface area (Å²) in [6.07, 6.45) is -0.0385. The maximum absolute atomic E-state index is 14.6. The second-order valence-electron chi connectivity index (χ2n) is 15.4. The third-order valence-corrected chi connectivity index (χ3v) is 11.4. The van der Waals surface area contributed by atoms with Gasteiger partial charge in [0.15, 0.2) is 5.96 Å². The molecule has 4 aromatic carbocycles. The third-order valence-electron chi connectivity index (χ3n) is 10.7. The molecule has 5 rings (SSSR count). The predicted molar refractivity (Wildman–Crippen MR) is 240 cm³/mol. The van der Waals surface area contributed by atoms with Crippen LogP contribution in [0.2, 0.25) is 0 Å². The Hall–Kier alpha value is -6.82. The Labute approximate surface area is 372 Å². The van der Waals surface area contributed by atoms with Crippen molar-refractivity contribution in [3.05, 3.63) is 118 Å². The maximum atomic E-state index is 14.6. The lowest BCUT2D eigenvalue weighted by atomic mass is 9.76. The number of nitrogens with one attached hydrogen (secondary N) is 5. The zero-order chi connectivity index (χ0) is 45.5. The van der Waals surface area contributed by atoms with E-state index in [-0.39, 0.29) is 57.5 Å². The average Bonchev–Trinajstić information content (AvgIpc) is 3.25. The summed E-state index contributed by atoms with van der Waals surface area (Å²) in [5.41, 5.74) is 17.9. The molecule has 4 unspecified atom stereocenters. The van der Waals surface area contributed by atoms with Gasteiger partial charge < -0.3 is 48.9 Å². The van der Waals surface area contributed by atoms with E-state index in [0.717, 1.165) is 26.4 Å². The minimum Gasteiger partial charge on any atom is -0.481 e. The van der Waals surface area contributed by atoms with Crippen LogP contribution in [0.4, 0.5) is 0 Å². The maximum Gasteiger partial charge on any atom is 0.303 e. The molecule has 0 heterocycles. The van der Waals surface area contributed by atoms with Crippen molar-refractivity contribution in [2.75, 3.05) is 13.1 Å². The Balaban J connectivity index is 1.44. The predicted octanol–water partition coefficient (Wildman–Crippen LogP) is 1.41. The van der Waals surface area contributed by atoms with Gasteiger partial charge in [0.25, 0.3) is 0 Å². The smallest absolute Gasteiger partial charge is 0.303 e. The number of guanidine groups is 1. The monoisotopic (exact) mass is 925 g/mol. The van der Waals surface area contributed by atoms with Crippen molar-refractivity contribution in [2.45, 2.75) is 81.5 Å². The second-order valence-corrected chi connectivity index (χ2v) is 16.3. The van der Waals surface area contributed by atoms with Gasteiger partial charge in [0, 0.05) is 36.7 Å². The second kappa shape index (κ2) is 22.3. The fourth-order valence-corrected chi connectivity index (χ4v) is 8.09. The van der Waals surface area contributed by atoms with E-state index in [1.807, 2.05) is 54.6 Å². The molecule has 0 aromatic heterocycles. The summed E-state index contributed by atoms with van der Waals surface area (Å²) < 4.78 is 0.835. The number of aliphatic carboxylic acids is 1. The Kier molecular flexibility index (Phi) is 16.7. The Morgan fingerprint density at radius 2 is 1.40 bits per heavy atom. The zero-order valence-electron chi connectivity index (χ0n) is 34.5. The highest BCUT2D eigenvalue weighted by atomic mass is 79.9. The minimum absolute atomic E-state index is 0.00118. The molecule has 0 saturated carbocycles. The Morgan fingerprint density at radius 3 is 2.11 bits per heavy atom. The topological polar surface area (TPSA) is 290 Å². The van der Waals surface area contributed by atoms with E-state index < -0.39 is 78.0 Å². The van der Waals surface area contributed by atoms with E-state index in [1.54, 1.807) is 36.4 Å². The van der Waals surface area contributed by atoms with Crippen LogP contribution in [0.3, 0.4) is 0 Å². The first-order chi connectivity index (χ1) is 30.1. The standard InChI is InChI=1S/C45H52BrN9O8/c46-33-13-6-12-31-25-45(20-19-32(31)33,55-38(57)17-18-39(58)59)43(63)54-36(23-27-8-2-1-3-9-27)42(62)52-34(14-7-21-50-44(48)49)41(61)53-35(40(60)51-26-37(47)56)24-28-15-16-29-10-4-5-11-30(29)22-28/h1-6,8-13,15-16,22,34-36H,7,14,17-21,23-26H2,(H2,47,56)(H,51,60)(H,52,62)(H,53,61)(H,54,63)(H,55,57)(H,58,59)(H4,48,49,50). The summed E-state index contributed by atoms with van der Waals surface area (Å²) in [6, 6.07) is 23.8. The van der Waals surface area contributed by atoms with E-state index in [2.05, 4.69) is 47.5 Å². The van der Waals surface area contributed by atoms with Gasteiger partial charge in [-0.2, -0.15) is 0 Å². The number of nitrogens with two attached hydrogens (primary N) is 3. The van der Waals surface area contributed by atoms with E-state index in [9.17, 15) is 38.7 Å². The van der Waals surface area contributed by atoms with Crippen LogP contribution in [0.1, 0.15) is 54.4 Å². The molecule has 1 aliphatic carbocycles. The van der Waals surface area contributed by atoms with Gasteiger partial charge in [0.1, 0.15) is 23.7 Å². The summed E-state index contributed by atoms with van der Waals surface area (Å²) in [7, 11) is 0. The summed E-state index contributed by atoms with van der Waals surface area (Å²) >= 11 is 3.57. The van der Waals surface area contributed by atoms with Crippen LogP contribution in [-0.4, -0.2) is 89.2 Å². The summed E-state index contributed by atoms with van der Waals surface area (Å²) in [6.45, 7) is -0.375. The minimum atomic E-state index is -1.57. The number of fused-ring (bicyclic) bond motifs is 2. The number of carboxylic acid groups (broad SMARTS) is 1. The molecule has 63 heavy (non-hydrogen) atoms. The van der Waals surface area contributed by atoms with Crippen LogP contribution < -0.4 is 43.8 Å². The van der Waals surface area contributed by atoms with Crippen molar-refractivity contribution in [1.82, 2.24) is 26.6 Å². The molecule has 0 fully saturated rings. The lowest BCUT2D eigenvalue weighted by molar-refractivity contribution is -0.140. The van der Waals surface area contributed by atoms with Crippen LogP contribution in [0.15, 0.2) is 100 Å². The molecule has 332 valence electrons. The number of carbonyl (C=O) groups excluding carboxylic acids is 6. The van der Waals surface area contributed by atoms with Gasteiger partial charge in [-0.15, -0.1) is 0 Å². The van der Waals surface area contributed by atoms with Crippen molar-refractivity contribution >= 4 is 74.1 Å². The molecular weight excluding hydrogens is 874 g/mol. The molecule has 18 heteroatoms. The van der Waals surface area contributed by atoms with Crippen molar-refractivity contribution in [2.24, 2.45) is 22.2 Å². The summed E-state index contributed by atoms with van der Waals surface area (Å²) in [4.78, 5) is 97.1. The molecule has 0 spiro atoms. The molecule has 0 saturated heterocycles. The van der Waals surface area contributed by atoms with Crippen LogP contribution >= 0.6 is 15.9 Å². The normalized spacial score (nSPS) is 15.6. The van der Waals surface area contributed by atoms with Crippen molar-refractivity contribution < 1.29 is 38.7 Å². The molecule has 12 N–H and O–H groups in total. The highest BCUT2D eigenvalue weighted by Crippen LogP contribution is 2.34. The number of rotatable bonds is 21. The SMILES string of the molecule is NC(=O)CNC(=O)C(Cc1ccc2ccccc2c1)NC(=O)C(CCCN=C(N)N)NC(=O)C(Cc1ccccc1)NC(=O)C1(NC(=O)CCC(=O)O)CCc2c(Br)cccc2C1. The summed E-state index contributed by atoms with van der Waals surface area (Å²) in [5, 5.41) is 24.8. The molecule has 6 amide bonds. The van der Waals surface area contributed by atoms with Crippen LogP contribution in [0.25, 0.3) is 10.8 Å². The fraction of sp³-hybridized carbons (Fsp3) is 0.333. The average molecular weight is 927 g/mol. The van der Waals surface area contributed by atoms with E-state index in [0.29, 0.717) is 17.5 Å². The number of primary amides is 1. The molecular formula is C45H52BrN9O8. The fourth-order valence-electron chi connectivity index (χ4n) is 7.49. The van der Waals surface area contributed by atoms with Crippen molar-refractivity contribution in [1.29, 1.82) is 0 Å². The Morgan fingerprint density at radius 1 is 0.730 bits per heavy atom. The summed E-state index contributed by atoms with van der Waals surface area (Å²) in [5.74, 6) is -5.64. The molecule has 4 aromatic rings. The van der Waals surface area contributed by atoms with Crippen LogP contribution in [0.5, 0.6) is 0 Å². The molecule has 4 atom stereocenters. The molecule has 17 nitrogen and oxygen atoms in total. The number of halogens is 1. The van der Waals surface area contributed by atoms with Gasteiger partial charge in [0.05, 0.1) is 13.0 Å². The lowest BCUT2D eigenvalue weighted by Gasteiger charge is -2.39. The number of nitrogens with zero attached hydrogens (tertiary/aromatic N) is 1. The molecule has 0 aliphatic heterocycles. The van der Waals surface area contributed by atoms with Gasteiger partial charge in [-0.3, -0.25) is 38.6 Å². The lowest BCUT2D eigenvalue weighted by Crippen LogP contribution is -2.65. The largest absolute Gasteiger partial charge is 0.481 e. The van der Waals surface area contributed by atoms with Crippen molar-refractivity contribution in [3.63, 3.8) is 0 Å². The first-order valence-electron chi connectivity index (χ1n) is 20.5. The third kappa shape index (κ3) is 13.8. The van der Waals surface area contributed by atoms with E-state index >= 15 is 0 Å². The molecule has 0 bridgehead atoms. The highest BCUT2D eigenvalue weighted by molar-refractivity contribution is 9.10. The molecule has 0 radical (unpaired) electrons. The number of carbonyl (C=O) groups is 7. The van der Waals surface area contributed by atoms with Gasteiger partial charge in [-0.05, 0) is 64.8 Å². The number of benzene rings is 4. The quantitative estimate of drug-likeness (QED) is 0.0329. The van der Waals surface area contributed by atoms with Crippen molar-refractivity contribution in [3.8, 4) is 0 Å². The van der Waals surface area contributed by atoms with Gasteiger partial charge >= 0.3 is 5.97 Å². The zero-order valence-corrected chi connectivity index (χ0v) is 36.1. The van der Waals surface area contributed by atoms with E-state index in [4.69, 9.17) is 17.2 Å². The number of amides is 6. The number of aliphatic imine (C=N–C) groups is 1. The van der Waals surface area contributed by atoms with E-state index in [1.165, 1.54) is 0 Å².